The third-order valence-corrected chi connectivity index (χ3v) is 5.36. The molecule has 2 aliphatic rings. The Hall–Kier alpha value is -0.860. The molecule has 1 heterocycles. The first-order valence-electron chi connectivity index (χ1n) is 8.24. The van der Waals surface area contributed by atoms with E-state index >= 15 is 0 Å². The Morgan fingerprint density at radius 2 is 1.75 bits per heavy atom. The summed E-state index contributed by atoms with van der Waals surface area (Å²) in [6.45, 7) is 4.71. The standard InChI is InChI=1S/C18H28N2/c1-19-14-16-5-4-6-17(13-16)15-20-11-9-18(10-12-20)7-2-3-8-18/h4-6,13,19H,2-3,7-12,14-15H2,1H3. The van der Waals surface area contributed by atoms with Crippen LogP contribution in [0.15, 0.2) is 24.3 Å². The van der Waals surface area contributed by atoms with Gasteiger partial charge < -0.3 is 5.32 Å². The molecule has 1 aliphatic heterocycles. The van der Waals surface area contributed by atoms with Gasteiger partial charge in [0.2, 0.25) is 0 Å². The van der Waals surface area contributed by atoms with E-state index in [0.717, 1.165) is 18.5 Å². The van der Waals surface area contributed by atoms with E-state index in [1.807, 2.05) is 7.05 Å². The van der Waals surface area contributed by atoms with Gasteiger partial charge in [0.25, 0.3) is 0 Å². The number of benzene rings is 1. The summed E-state index contributed by atoms with van der Waals surface area (Å²) in [7, 11) is 2.01. The Balaban J connectivity index is 1.55. The molecule has 1 aliphatic carbocycles. The molecule has 0 unspecified atom stereocenters. The van der Waals surface area contributed by atoms with Gasteiger partial charge in [0.05, 0.1) is 0 Å². The molecule has 0 amide bonds. The first-order valence-corrected chi connectivity index (χ1v) is 8.24. The average Bonchev–Trinajstić information content (AvgIpc) is 2.91. The fraction of sp³-hybridized carbons (Fsp3) is 0.667. The summed E-state index contributed by atoms with van der Waals surface area (Å²) in [5.41, 5.74) is 3.61. The van der Waals surface area contributed by atoms with E-state index in [9.17, 15) is 0 Å². The quantitative estimate of drug-likeness (QED) is 0.901. The molecular weight excluding hydrogens is 244 g/mol. The first kappa shape index (κ1) is 14.1. The summed E-state index contributed by atoms with van der Waals surface area (Å²) >= 11 is 0. The fourth-order valence-corrected chi connectivity index (χ4v) is 4.11. The number of nitrogens with one attached hydrogen (secondary N) is 1. The molecule has 0 aromatic heterocycles. The van der Waals surface area contributed by atoms with Gasteiger partial charge in [-0.1, -0.05) is 37.1 Å². The zero-order valence-electron chi connectivity index (χ0n) is 12.8. The van der Waals surface area contributed by atoms with Gasteiger partial charge in [-0.25, -0.2) is 0 Å². The second-order valence-corrected chi connectivity index (χ2v) is 6.83. The molecule has 2 fully saturated rings. The Bertz CT molecular complexity index is 425. The zero-order valence-corrected chi connectivity index (χ0v) is 12.8. The Labute approximate surface area is 123 Å². The predicted molar refractivity (Wildman–Crippen MR) is 84.6 cm³/mol. The molecule has 1 aromatic carbocycles. The van der Waals surface area contributed by atoms with Crippen LogP contribution < -0.4 is 5.32 Å². The van der Waals surface area contributed by atoms with Crippen LogP contribution >= 0.6 is 0 Å². The topological polar surface area (TPSA) is 15.3 Å². The van der Waals surface area contributed by atoms with Crippen LogP contribution in [0.3, 0.4) is 0 Å². The highest BCUT2D eigenvalue weighted by Gasteiger charge is 2.36. The Morgan fingerprint density at radius 1 is 1.05 bits per heavy atom. The molecule has 0 radical (unpaired) electrons. The van der Waals surface area contributed by atoms with Gasteiger partial charge >= 0.3 is 0 Å². The third-order valence-electron chi connectivity index (χ3n) is 5.36. The third kappa shape index (κ3) is 3.24. The van der Waals surface area contributed by atoms with Gasteiger partial charge in [0, 0.05) is 13.1 Å². The minimum Gasteiger partial charge on any atom is -0.316 e. The van der Waals surface area contributed by atoms with Crippen molar-refractivity contribution in [3.05, 3.63) is 35.4 Å². The van der Waals surface area contributed by atoms with Crippen LogP contribution in [0, 0.1) is 5.41 Å². The highest BCUT2D eigenvalue weighted by atomic mass is 15.1. The van der Waals surface area contributed by atoms with Crippen LogP contribution in [-0.4, -0.2) is 25.0 Å². The lowest BCUT2D eigenvalue weighted by atomic mass is 9.77. The highest BCUT2D eigenvalue weighted by Crippen LogP contribution is 2.46. The molecule has 1 saturated heterocycles. The first-order chi connectivity index (χ1) is 9.80. The van der Waals surface area contributed by atoms with E-state index in [1.165, 1.54) is 62.7 Å². The number of piperidine rings is 1. The summed E-state index contributed by atoms with van der Waals surface area (Å²) in [6.07, 6.45) is 8.82. The number of nitrogens with zero attached hydrogens (tertiary/aromatic N) is 1. The van der Waals surface area contributed by atoms with E-state index in [1.54, 1.807) is 0 Å². The summed E-state index contributed by atoms with van der Waals surface area (Å²) in [5, 5.41) is 3.23. The molecule has 0 bridgehead atoms. The van der Waals surface area contributed by atoms with Crippen molar-refractivity contribution in [3.8, 4) is 0 Å². The largest absolute Gasteiger partial charge is 0.316 e. The molecular formula is C18H28N2. The second-order valence-electron chi connectivity index (χ2n) is 6.83. The number of hydrogen-bond donors (Lipinski definition) is 1. The maximum absolute atomic E-state index is 3.23. The van der Waals surface area contributed by atoms with Crippen molar-refractivity contribution in [2.75, 3.05) is 20.1 Å². The predicted octanol–water partition coefficient (Wildman–Crippen LogP) is 3.56. The molecule has 20 heavy (non-hydrogen) atoms. The monoisotopic (exact) mass is 272 g/mol. The highest BCUT2D eigenvalue weighted by molar-refractivity contribution is 5.23. The summed E-state index contributed by atoms with van der Waals surface area (Å²) in [5.74, 6) is 0. The van der Waals surface area contributed by atoms with E-state index in [2.05, 4.69) is 34.5 Å². The fourth-order valence-electron chi connectivity index (χ4n) is 4.11. The van der Waals surface area contributed by atoms with Crippen LogP contribution in [0.4, 0.5) is 0 Å². The number of rotatable bonds is 4. The van der Waals surface area contributed by atoms with E-state index in [-0.39, 0.29) is 0 Å². The minimum absolute atomic E-state index is 0.741. The molecule has 1 aromatic rings. The zero-order chi connectivity index (χ0) is 13.8. The smallest absolute Gasteiger partial charge is 0.0233 e. The van der Waals surface area contributed by atoms with Crippen molar-refractivity contribution in [1.82, 2.24) is 10.2 Å². The maximum Gasteiger partial charge on any atom is 0.0233 e. The normalized spacial score (nSPS) is 22.4. The lowest BCUT2D eigenvalue weighted by Crippen LogP contribution is -2.38. The summed E-state index contributed by atoms with van der Waals surface area (Å²) in [6, 6.07) is 9.05. The SMILES string of the molecule is CNCc1cccc(CN2CCC3(CCCC3)CC2)c1. The van der Waals surface area contributed by atoms with E-state index in [0.29, 0.717) is 0 Å². The molecule has 2 nitrogen and oxygen atoms in total. The number of likely N-dealkylation sites (tertiary alicyclic amines) is 1. The summed E-state index contributed by atoms with van der Waals surface area (Å²) in [4.78, 5) is 2.65. The van der Waals surface area contributed by atoms with Crippen molar-refractivity contribution >= 4 is 0 Å². The second kappa shape index (κ2) is 6.28. The molecule has 1 saturated carbocycles. The maximum atomic E-state index is 3.23. The van der Waals surface area contributed by atoms with Gasteiger partial charge in [-0.3, -0.25) is 4.90 Å². The molecule has 1 spiro atoms. The van der Waals surface area contributed by atoms with Crippen molar-refractivity contribution in [3.63, 3.8) is 0 Å². The van der Waals surface area contributed by atoms with E-state index < -0.39 is 0 Å². The van der Waals surface area contributed by atoms with E-state index in [4.69, 9.17) is 0 Å². The van der Waals surface area contributed by atoms with Gasteiger partial charge in [0.1, 0.15) is 0 Å². The van der Waals surface area contributed by atoms with Crippen molar-refractivity contribution in [2.45, 2.75) is 51.6 Å². The van der Waals surface area contributed by atoms with Gasteiger partial charge in [0.15, 0.2) is 0 Å². The summed E-state index contributed by atoms with van der Waals surface area (Å²) < 4.78 is 0. The van der Waals surface area contributed by atoms with Gasteiger partial charge in [-0.05, 0) is 62.4 Å². The van der Waals surface area contributed by atoms with Gasteiger partial charge in [-0.15, -0.1) is 0 Å². The van der Waals surface area contributed by atoms with Crippen LogP contribution in [0.1, 0.15) is 49.7 Å². The Morgan fingerprint density at radius 3 is 2.45 bits per heavy atom. The molecule has 110 valence electrons. The van der Waals surface area contributed by atoms with Crippen LogP contribution in [0.25, 0.3) is 0 Å². The Kier molecular flexibility index (Phi) is 4.42. The number of hydrogen-bond acceptors (Lipinski definition) is 2. The van der Waals surface area contributed by atoms with Crippen molar-refractivity contribution in [2.24, 2.45) is 5.41 Å². The molecule has 0 atom stereocenters. The van der Waals surface area contributed by atoms with Crippen LogP contribution in [0.2, 0.25) is 0 Å². The van der Waals surface area contributed by atoms with Crippen LogP contribution in [0.5, 0.6) is 0 Å². The lowest BCUT2D eigenvalue weighted by molar-refractivity contribution is 0.103. The molecule has 2 heteroatoms. The van der Waals surface area contributed by atoms with Crippen molar-refractivity contribution in [1.29, 1.82) is 0 Å². The van der Waals surface area contributed by atoms with Gasteiger partial charge in [-0.2, -0.15) is 0 Å². The van der Waals surface area contributed by atoms with Crippen molar-refractivity contribution < 1.29 is 0 Å². The minimum atomic E-state index is 0.741. The molecule has 1 N–H and O–H groups in total. The average molecular weight is 272 g/mol. The molecule has 3 rings (SSSR count). The lowest BCUT2D eigenvalue weighted by Gasteiger charge is -2.39. The van der Waals surface area contributed by atoms with Crippen LogP contribution in [-0.2, 0) is 13.1 Å².